The van der Waals surface area contributed by atoms with Gasteiger partial charge in [-0.3, -0.25) is 9.78 Å². The number of pyridine rings is 1. The zero-order valence-electron chi connectivity index (χ0n) is 12.6. The highest BCUT2D eigenvalue weighted by molar-refractivity contribution is 7.17. The number of aryl methyl sites for hydroxylation is 1. The molecule has 2 amide bonds. The number of carbonyl (C=O) groups is 2. The van der Waals surface area contributed by atoms with Crippen molar-refractivity contribution in [3.05, 3.63) is 35.1 Å². The maximum atomic E-state index is 12.6. The number of aromatic nitrogens is 2. The number of alkyl halides is 3. The van der Waals surface area contributed by atoms with Gasteiger partial charge in [-0.1, -0.05) is 0 Å². The fourth-order valence-electron chi connectivity index (χ4n) is 1.84. The van der Waals surface area contributed by atoms with E-state index in [-0.39, 0.29) is 15.5 Å². The van der Waals surface area contributed by atoms with Crippen LogP contribution in [0.5, 0.6) is 0 Å². The molecule has 6 nitrogen and oxygen atoms in total. The summed E-state index contributed by atoms with van der Waals surface area (Å²) in [5.41, 5.74) is 0.838. The molecule has 0 aliphatic rings. The molecule has 0 radical (unpaired) electrons. The topological polar surface area (TPSA) is 72.4 Å². The molecular formula is C14H12F3N3O3S. The van der Waals surface area contributed by atoms with Gasteiger partial charge in [-0.15, -0.1) is 11.3 Å². The molecule has 24 heavy (non-hydrogen) atoms. The first kappa shape index (κ1) is 17.9. The van der Waals surface area contributed by atoms with Crippen LogP contribution in [-0.2, 0) is 4.74 Å². The number of halogens is 3. The molecule has 0 spiro atoms. The van der Waals surface area contributed by atoms with Gasteiger partial charge in [-0.05, 0) is 19.1 Å². The van der Waals surface area contributed by atoms with Crippen molar-refractivity contribution < 1.29 is 27.5 Å². The van der Waals surface area contributed by atoms with Gasteiger partial charge in [0.2, 0.25) is 0 Å². The van der Waals surface area contributed by atoms with Crippen molar-refractivity contribution >= 4 is 23.3 Å². The van der Waals surface area contributed by atoms with E-state index in [4.69, 9.17) is 0 Å². The van der Waals surface area contributed by atoms with Crippen LogP contribution < -0.4 is 0 Å². The molecule has 2 heterocycles. The molecule has 0 atom stereocenters. The first-order valence-corrected chi connectivity index (χ1v) is 7.39. The molecule has 128 valence electrons. The number of nitrogens with zero attached hydrogens (tertiary/aromatic N) is 3. The third-order valence-electron chi connectivity index (χ3n) is 2.88. The predicted octanol–water partition coefficient (Wildman–Crippen LogP) is 3.28. The Morgan fingerprint density at radius 2 is 2.08 bits per heavy atom. The number of amides is 2. The molecular weight excluding hydrogens is 347 g/mol. The summed E-state index contributed by atoms with van der Waals surface area (Å²) in [5.74, 6) is -1.11. The van der Waals surface area contributed by atoms with Crippen molar-refractivity contribution in [1.82, 2.24) is 14.9 Å². The summed E-state index contributed by atoms with van der Waals surface area (Å²) in [6.45, 7) is -0.259. The molecule has 0 fully saturated rings. The van der Waals surface area contributed by atoms with Gasteiger partial charge in [0.05, 0.1) is 12.8 Å². The molecule has 10 heteroatoms. The van der Waals surface area contributed by atoms with Crippen molar-refractivity contribution in [2.75, 3.05) is 13.7 Å². The van der Waals surface area contributed by atoms with E-state index in [9.17, 15) is 22.8 Å². The average molecular weight is 359 g/mol. The normalized spacial score (nSPS) is 11.2. The minimum absolute atomic E-state index is 0.00748. The number of rotatable bonds is 3. The fraction of sp³-hybridized carbons (Fsp3) is 0.286. The van der Waals surface area contributed by atoms with Gasteiger partial charge in [0.1, 0.15) is 16.4 Å². The molecule has 0 bridgehead atoms. The summed E-state index contributed by atoms with van der Waals surface area (Å²) in [6, 6.07) is 3.37. The highest BCUT2D eigenvalue weighted by Gasteiger charge is 2.38. The second-order valence-electron chi connectivity index (χ2n) is 4.65. The number of carbonyl (C=O) groups excluding carboxylic acids is 2. The maximum absolute atomic E-state index is 12.6. The lowest BCUT2D eigenvalue weighted by Gasteiger charge is -2.20. The van der Waals surface area contributed by atoms with Crippen LogP contribution in [0.25, 0.3) is 10.6 Å². The molecule has 0 saturated heterocycles. The largest absolute Gasteiger partial charge is 0.452 e. The lowest BCUT2D eigenvalue weighted by Crippen LogP contribution is -2.43. The van der Waals surface area contributed by atoms with Gasteiger partial charge in [0, 0.05) is 18.0 Å². The second kappa shape index (κ2) is 6.95. The van der Waals surface area contributed by atoms with E-state index >= 15 is 0 Å². The minimum Gasteiger partial charge on any atom is -0.452 e. The van der Waals surface area contributed by atoms with E-state index in [0.717, 1.165) is 18.4 Å². The highest BCUT2D eigenvalue weighted by Crippen LogP contribution is 2.29. The highest BCUT2D eigenvalue weighted by atomic mass is 32.1. The van der Waals surface area contributed by atoms with E-state index in [1.165, 1.54) is 13.1 Å². The summed E-state index contributed by atoms with van der Waals surface area (Å²) < 4.78 is 42.2. The van der Waals surface area contributed by atoms with Gasteiger partial charge in [-0.25, -0.2) is 14.7 Å². The van der Waals surface area contributed by atoms with Gasteiger partial charge in [0.15, 0.2) is 0 Å². The fourth-order valence-corrected chi connectivity index (χ4v) is 2.84. The molecule has 2 rings (SSSR count). The monoisotopic (exact) mass is 359 g/mol. The van der Waals surface area contributed by atoms with Crippen molar-refractivity contribution in [2.45, 2.75) is 13.1 Å². The smallest absolute Gasteiger partial charge is 0.416 e. The number of ether oxygens (including phenoxy) is 1. The molecule has 0 aromatic carbocycles. The molecule has 2 aromatic heterocycles. The quantitative estimate of drug-likeness (QED) is 0.841. The SMILES string of the molecule is COC(=O)N(CC(F)(F)F)C(=O)c1sc(-c2cccnc2)nc1C. The van der Waals surface area contributed by atoms with Gasteiger partial charge >= 0.3 is 12.3 Å². The molecule has 0 aliphatic heterocycles. The first-order chi connectivity index (χ1) is 11.2. The van der Waals surface area contributed by atoms with Crippen LogP contribution in [0.15, 0.2) is 24.5 Å². The van der Waals surface area contributed by atoms with Gasteiger partial charge < -0.3 is 4.74 Å². The van der Waals surface area contributed by atoms with Crippen LogP contribution in [0.4, 0.5) is 18.0 Å². The Balaban J connectivity index is 2.36. The zero-order valence-corrected chi connectivity index (χ0v) is 13.4. The van der Waals surface area contributed by atoms with Crippen LogP contribution in [0, 0.1) is 6.92 Å². The number of hydrogen-bond acceptors (Lipinski definition) is 6. The standard InChI is InChI=1S/C14H12F3N3O3S/c1-8-10(24-11(19-8)9-4-3-5-18-6-9)12(21)20(13(22)23-2)7-14(15,16)17/h3-6H,7H2,1-2H3. The third kappa shape index (κ3) is 4.07. The number of methoxy groups -OCH3 is 1. The van der Waals surface area contributed by atoms with Crippen LogP contribution in [0.2, 0.25) is 0 Å². The lowest BCUT2D eigenvalue weighted by atomic mass is 10.3. The Hall–Kier alpha value is -2.49. The van der Waals surface area contributed by atoms with E-state index in [1.807, 2.05) is 0 Å². The molecule has 0 saturated carbocycles. The second-order valence-corrected chi connectivity index (χ2v) is 5.65. The Morgan fingerprint density at radius 1 is 1.38 bits per heavy atom. The number of hydrogen-bond donors (Lipinski definition) is 0. The predicted molar refractivity (Wildman–Crippen MR) is 79.6 cm³/mol. The minimum atomic E-state index is -4.74. The van der Waals surface area contributed by atoms with E-state index < -0.39 is 24.7 Å². The van der Waals surface area contributed by atoms with Crippen molar-refractivity contribution in [1.29, 1.82) is 0 Å². The van der Waals surface area contributed by atoms with Crippen LogP contribution >= 0.6 is 11.3 Å². The van der Waals surface area contributed by atoms with Crippen molar-refractivity contribution in [3.63, 3.8) is 0 Å². The van der Waals surface area contributed by atoms with E-state index in [0.29, 0.717) is 10.6 Å². The summed E-state index contributed by atoms with van der Waals surface area (Å²) in [6.07, 6.45) is -3.05. The van der Waals surface area contributed by atoms with Crippen molar-refractivity contribution in [3.8, 4) is 10.6 Å². The number of imide groups is 1. The Kier molecular flexibility index (Phi) is 5.17. The lowest BCUT2D eigenvalue weighted by molar-refractivity contribution is -0.137. The maximum Gasteiger partial charge on any atom is 0.416 e. The first-order valence-electron chi connectivity index (χ1n) is 6.57. The van der Waals surface area contributed by atoms with Crippen molar-refractivity contribution in [2.24, 2.45) is 0 Å². The summed E-state index contributed by atoms with van der Waals surface area (Å²) in [7, 11) is 0.902. The summed E-state index contributed by atoms with van der Waals surface area (Å²) >= 11 is 0.885. The van der Waals surface area contributed by atoms with Crippen LogP contribution in [0.1, 0.15) is 15.4 Å². The molecule has 0 aliphatic carbocycles. The van der Waals surface area contributed by atoms with Crippen LogP contribution in [-0.4, -0.2) is 46.7 Å². The Morgan fingerprint density at radius 3 is 2.62 bits per heavy atom. The molecule has 0 unspecified atom stereocenters. The van der Waals surface area contributed by atoms with Gasteiger partial charge in [0.25, 0.3) is 5.91 Å². The Labute approximate surface area is 138 Å². The number of thiazole rings is 1. The molecule has 2 aromatic rings. The Bertz CT molecular complexity index is 747. The van der Waals surface area contributed by atoms with E-state index in [2.05, 4.69) is 14.7 Å². The average Bonchev–Trinajstić information content (AvgIpc) is 2.93. The molecule has 0 N–H and O–H groups in total. The van der Waals surface area contributed by atoms with Crippen LogP contribution in [0.3, 0.4) is 0 Å². The third-order valence-corrected chi connectivity index (χ3v) is 4.07. The summed E-state index contributed by atoms with van der Waals surface area (Å²) in [5, 5.41) is 0.417. The zero-order chi connectivity index (χ0) is 17.9. The van der Waals surface area contributed by atoms with E-state index in [1.54, 1.807) is 18.3 Å². The summed E-state index contributed by atoms with van der Waals surface area (Å²) in [4.78, 5) is 31.9. The van der Waals surface area contributed by atoms with Gasteiger partial charge in [-0.2, -0.15) is 13.2 Å².